The van der Waals surface area contributed by atoms with Crippen molar-refractivity contribution in [3.8, 4) is 11.5 Å². The summed E-state index contributed by atoms with van der Waals surface area (Å²) in [6, 6.07) is 5.58. The number of hydrogen-bond donors (Lipinski definition) is 1. The number of carboxylic acid groups (broad SMARTS) is 1. The molecule has 1 aromatic rings. The zero-order valence-electron chi connectivity index (χ0n) is 18.2. The number of rotatable bonds is 14. The molecule has 1 aliphatic rings. The number of aliphatic carboxylic acids is 1. The van der Waals surface area contributed by atoms with Gasteiger partial charge in [-0.1, -0.05) is 69.1 Å². The highest BCUT2D eigenvalue weighted by Crippen LogP contribution is 2.35. The average molecular weight is 466 g/mol. The Morgan fingerprint density at radius 3 is 2.61 bits per heavy atom. The lowest BCUT2D eigenvalue weighted by atomic mass is 10.1. The van der Waals surface area contributed by atoms with Crippen molar-refractivity contribution in [2.45, 2.75) is 58.3 Å². The van der Waals surface area contributed by atoms with Gasteiger partial charge in [0.25, 0.3) is 5.91 Å². The second-order valence-corrected chi connectivity index (χ2v) is 9.03. The van der Waals surface area contributed by atoms with Crippen LogP contribution in [0, 0.1) is 0 Å². The number of carbonyl (C=O) groups is 2. The molecule has 0 spiro atoms. The fourth-order valence-corrected chi connectivity index (χ4v) is 4.50. The second-order valence-electron chi connectivity index (χ2n) is 7.36. The number of benzene rings is 1. The second kappa shape index (κ2) is 13.4. The van der Waals surface area contributed by atoms with Crippen LogP contribution in [0.2, 0.25) is 0 Å². The lowest BCUT2D eigenvalue weighted by Crippen LogP contribution is -2.29. The molecule has 2 rings (SSSR count). The number of nitrogens with zero attached hydrogens (tertiary/aromatic N) is 1. The van der Waals surface area contributed by atoms with Gasteiger partial charge in [-0.25, -0.2) is 0 Å². The van der Waals surface area contributed by atoms with Crippen LogP contribution in [-0.4, -0.2) is 46.5 Å². The number of carbonyl (C=O) groups excluding carboxylic acids is 1. The fraction of sp³-hybridized carbons (Fsp3) is 0.522. The molecule has 1 N–H and O–H groups in total. The van der Waals surface area contributed by atoms with Crippen molar-refractivity contribution < 1.29 is 24.2 Å². The average Bonchev–Trinajstić information content (AvgIpc) is 3.00. The summed E-state index contributed by atoms with van der Waals surface area (Å²) in [6.07, 6.45) is 9.37. The van der Waals surface area contributed by atoms with Gasteiger partial charge in [0.2, 0.25) is 0 Å². The van der Waals surface area contributed by atoms with Crippen molar-refractivity contribution in [3.63, 3.8) is 0 Å². The molecular formula is C23H31NO5S2. The highest BCUT2D eigenvalue weighted by molar-refractivity contribution is 8.26. The molecule has 1 fully saturated rings. The molecule has 1 heterocycles. The maximum Gasteiger partial charge on any atom is 0.303 e. The fourth-order valence-electron chi connectivity index (χ4n) is 3.19. The number of methoxy groups -OCH3 is 1. The van der Waals surface area contributed by atoms with Gasteiger partial charge < -0.3 is 14.6 Å². The van der Waals surface area contributed by atoms with E-state index in [1.165, 1.54) is 42.3 Å². The van der Waals surface area contributed by atoms with Crippen molar-refractivity contribution in [2.75, 3.05) is 20.3 Å². The van der Waals surface area contributed by atoms with Crippen LogP contribution in [0.25, 0.3) is 6.08 Å². The Morgan fingerprint density at radius 2 is 1.90 bits per heavy atom. The summed E-state index contributed by atoms with van der Waals surface area (Å²) in [6.45, 7) is 3.17. The Kier molecular flexibility index (Phi) is 10.9. The summed E-state index contributed by atoms with van der Waals surface area (Å²) in [5.41, 5.74) is 0.815. The van der Waals surface area contributed by atoms with Crippen LogP contribution in [0.4, 0.5) is 0 Å². The van der Waals surface area contributed by atoms with Gasteiger partial charge in [0.15, 0.2) is 11.5 Å². The summed E-state index contributed by atoms with van der Waals surface area (Å²) < 4.78 is 11.8. The Morgan fingerprint density at radius 1 is 1.16 bits per heavy atom. The van der Waals surface area contributed by atoms with Crippen LogP contribution < -0.4 is 9.47 Å². The van der Waals surface area contributed by atoms with Gasteiger partial charge in [0, 0.05) is 13.0 Å². The molecular weight excluding hydrogens is 434 g/mol. The highest BCUT2D eigenvalue weighted by atomic mass is 32.2. The molecule has 0 unspecified atom stereocenters. The first-order valence-electron chi connectivity index (χ1n) is 10.7. The smallest absolute Gasteiger partial charge is 0.303 e. The maximum atomic E-state index is 12.6. The van der Waals surface area contributed by atoms with E-state index in [1.54, 1.807) is 13.2 Å². The van der Waals surface area contributed by atoms with E-state index in [1.807, 2.05) is 18.2 Å². The number of thiocarbonyl (C=S) groups is 1. The van der Waals surface area contributed by atoms with E-state index in [-0.39, 0.29) is 12.3 Å². The summed E-state index contributed by atoms with van der Waals surface area (Å²) >= 11 is 6.51. The van der Waals surface area contributed by atoms with Crippen LogP contribution >= 0.6 is 24.0 Å². The number of amides is 1. The van der Waals surface area contributed by atoms with E-state index < -0.39 is 5.97 Å². The first kappa shape index (κ1) is 25.2. The monoisotopic (exact) mass is 465 g/mol. The number of hydrogen-bond acceptors (Lipinski definition) is 6. The van der Waals surface area contributed by atoms with Crippen molar-refractivity contribution in [3.05, 3.63) is 28.7 Å². The molecule has 1 aliphatic heterocycles. The highest BCUT2D eigenvalue weighted by Gasteiger charge is 2.31. The van der Waals surface area contributed by atoms with Gasteiger partial charge in [-0.2, -0.15) is 0 Å². The molecule has 0 bridgehead atoms. The third-order valence-corrected chi connectivity index (χ3v) is 6.26. The third kappa shape index (κ3) is 8.18. The van der Waals surface area contributed by atoms with Crippen molar-refractivity contribution in [2.24, 2.45) is 0 Å². The number of ether oxygens (including phenoxy) is 2. The van der Waals surface area contributed by atoms with E-state index in [9.17, 15) is 9.59 Å². The van der Waals surface area contributed by atoms with E-state index in [2.05, 4.69) is 6.92 Å². The molecule has 170 valence electrons. The lowest BCUT2D eigenvalue weighted by Gasteiger charge is -2.13. The van der Waals surface area contributed by atoms with Gasteiger partial charge in [0.05, 0.1) is 18.6 Å². The maximum absolute atomic E-state index is 12.6. The zero-order chi connectivity index (χ0) is 22.6. The van der Waals surface area contributed by atoms with E-state index in [0.29, 0.717) is 40.3 Å². The largest absolute Gasteiger partial charge is 0.493 e. The predicted octanol–water partition coefficient (Wildman–Crippen LogP) is 5.50. The van der Waals surface area contributed by atoms with Crippen LogP contribution in [-0.2, 0) is 9.59 Å². The summed E-state index contributed by atoms with van der Waals surface area (Å²) in [5, 5.41) is 8.77. The summed E-state index contributed by atoms with van der Waals surface area (Å²) in [5.74, 6) is 0.237. The minimum absolute atomic E-state index is 0.00745. The summed E-state index contributed by atoms with van der Waals surface area (Å²) in [4.78, 5) is 25.3. The zero-order valence-corrected chi connectivity index (χ0v) is 19.9. The topological polar surface area (TPSA) is 76.1 Å². The first-order valence-corrected chi connectivity index (χ1v) is 12.0. The van der Waals surface area contributed by atoms with Gasteiger partial charge in [0.1, 0.15) is 4.32 Å². The standard InChI is InChI=1S/C23H31NO5S2/c1-3-4-5-6-7-8-14-29-18-12-11-17(15-19(18)28-2)16-20-22(27)24(23(30)31-20)13-9-10-21(25)26/h11-12,15-16H,3-10,13-14H2,1-2H3,(H,25,26). The van der Waals surface area contributed by atoms with E-state index in [4.69, 9.17) is 26.8 Å². The normalized spacial score (nSPS) is 15.0. The molecule has 31 heavy (non-hydrogen) atoms. The summed E-state index contributed by atoms with van der Waals surface area (Å²) in [7, 11) is 1.60. The first-order chi connectivity index (χ1) is 15.0. The molecule has 6 nitrogen and oxygen atoms in total. The van der Waals surface area contributed by atoms with Crippen LogP contribution in [0.5, 0.6) is 11.5 Å². The molecule has 1 amide bonds. The Balaban J connectivity index is 1.94. The molecule has 0 saturated carbocycles. The molecule has 1 aromatic carbocycles. The van der Waals surface area contributed by atoms with Crippen molar-refractivity contribution in [1.29, 1.82) is 0 Å². The predicted molar refractivity (Wildman–Crippen MR) is 129 cm³/mol. The quantitative estimate of drug-likeness (QED) is 0.221. The Hall–Kier alpha value is -2.06. The van der Waals surface area contributed by atoms with Crippen molar-refractivity contribution >= 4 is 46.3 Å². The molecule has 0 atom stereocenters. The molecule has 0 aliphatic carbocycles. The molecule has 1 saturated heterocycles. The minimum atomic E-state index is -0.883. The molecule has 8 heteroatoms. The third-order valence-electron chi connectivity index (χ3n) is 4.89. The van der Waals surface area contributed by atoms with E-state index >= 15 is 0 Å². The van der Waals surface area contributed by atoms with Crippen molar-refractivity contribution in [1.82, 2.24) is 4.90 Å². The number of thioether (sulfide) groups is 1. The van der Waals surface area contributed by atoms with Gasteiger partial charge >= 0.3 is 5.97 Å². The van der Waals surface area contributed by atoms with E-state index in [0.717, 1.165) is 18.4 Å². The van der Waals surface area contributed by atoms with Gasteiger partial charge in [-0.3, -0.25) is 14.5 Å². The Bertz CT molecular complexity index is 809. The SMILES string of the molecule is CCCCCCCCOc1ccc(C=C2SC(=S)N(CCCC(=O)O)C2=O)cc1OC. The van der Waals surface area contributed by atoms with Crippen LogP contribution in [0.3, 0.4) is 0 Å². The lowest BCUT2D eigenvalue weighted by molar-refractivity contribution is -0.137. The van der Waals surface area contributed by atoms with Crippen LogP contribution in [0.15, 0.2) is 23.1 Å². The number of carboxylic acids is 1. The Labute approximate surface area is 194 Å². The molecule has 0 aromatic heterocycles. The van der Waals surface area contributed by atoms with Gasteiger partial charge in [-0.05, 0) is 36.6 Å². The number of unbranched alkanes of at least 4 members (excludes halogenated alkanes) is 5. The van der Waals surface area contributed by atoms with Crippen LogP contribution in [0.1, 0.15) is 63.9 Å². The molecule has 0 radical (unpaired) electrons. The van der Waals surface area contributed by atoms with Gasteiger partial charge in [-0.15, -0.1) is 0 Å². The minimum Gasteiger partial charge on any atom is -0.493 e.